The third kappa shape index (κ3) is 4.98. The first-order valence-electron chi connectivity index (χ1n) is 5.11. The van der Waals surface area contributed by atoms with Crippen LogP contribution < -0.4 is 4.72 Å². The van der Waals surface area contributed by atoms with E-state index in [9.17, 15) is 21.6 Å². The van der Waals surface area contributed by atoms with Gasteiger partial charge in [0, 0.05) is 11.6 Å². The van der Waals surface area contributed by atoms with Gasteiger partial charge in [-0.25, -0.2) is 13.1 Å². The Bertz CT molecular complexity index is 545. The average Bonchev–Trinajstić information content (AvgIpc) is 2.27. The maximum atomic E-state index is 11.9. The number of aliphatic hydroxyl groups excluding tert-OH is 1. The maximum Gasteiger partial charge on any atom is 0.390 e. The van der Waals surface area contributed by atoms with Crippen LogP contribution in [0, 0.1) is 0 Å². The van der Waals surface area contributed by atoms with Gasteiger partial charge in [0.2, 0.25) is 10.0 Å². The highest BCUT2D eigenvalue weighted by molar-refractivity contribution is 7.89. The molecule has 0 aromatic heterocycles. The number of benzene rings is 1. The van der Waals surface area contributed by atoms with E-state index in [0.717, 1.165) is 12.1 Å². The van der Waals surface area contributed by atoms with E-state index < -0.39 is 35.8 Å². The summed E-state index contributed by atoms with van der Waals surface area (Å²) in [4.78, 5) is -0.247. The monoisotopic (exact) mass is 317 g/mol. The molecule has 0 radical (unpaired) electrons. The van der Waals surface area contributed by atoms with Crippen LogP contribution in [0.4, 0.5) is 13.2 Å². The predicted octanol–water partition coefficient (Wildman–Crippen LogP) is 2.06. The Morgan fingerprint density at radius 2 is 1.95 bits per heavy atom. The number of halogens is 4. The van der Waals surface area contributed by atoms with E-state index in [-0.39, 0.29) is 15.5 Å². The summed E-state index contributed by atoms with van der Waals surface area (Å²) in [6, 6.07) is 3.51. The second-order valence-electron chi connectivity index (χ2n) is 3.67. The molecule has 9 heteroatoms. The smallest absolute Gasteiger partial charge is 0.390 e. The molecule has 0 saturated heterocycles. The van der Waals surface area contributed by atoms with Gasteiger partial charge in [0.1, 0.15) is 0 Å². The molecule has 0 aliphatic carbocycles. The average molecular weight is 318 g/mol. The van der Waals surface area contributed by atoms with Gasteiger partial charge in [-0.1, -0.05) is 11.6 Å². The molecule has 0 unspecified atom stereocenters. The molecule has 0 amide bonds. The highest BCUT2D eigenvalue weighted by atomic mass is 35.5. The number of nitrogens with one attached hydrogen (secondary N) is 1. The lowest BCUT2D eigenvalue weighted by atomic mass is 10.2. The Labute approximate surface area is 113 Å². The number of hydrogen-bond donors (Lipinski definition) is 2. The summed E-state index contributed by atoms with van der Waals surface area (Å²) in [6.45, 7) is -1.21. The molecule has 0 atom stereocenters. The van der Waals surface area contributed by atoms with Gasteiger partial charge in [0.05, 0.1) is 17.9 Å². The Morgan fingerprint density at radius 1 is 1.32 bits per heavy atom. The number of rotatable bonds is 5. The van der Waals surface area contributed by atoms with Crippen molar-refractivity contribution in [1.29, 1.82) is 0 Å². The fourth-order valence-corrected chi connectivity index (χ4v) is 2.51. The fourth-order valence-electron chi connectivity index (χ4n) is 1.25. The van der Waals surface area contributed by atoms with Crippen molar-refractivity contribution in [1.82, 2.24) is 4.72 Å². The number of hydrogen-bond acceptors (Lipinski definition) is 3. The van der Waals surface area contributed by atoms with Crippen molar-refractivity contribution in [2.24, 2.45) is 0 Å². The summed E-state index contributed by atoms with van der Waals surface area (Å²) in [5, 5.41) is 9.12. The third-order valence-corrected chi connectivity index (χ3v) is 4.03. The van der Waals surface area contributed by atoms with Gasteiger partial charge in [-0.05, 0) is 23.8 Å². The second-order valence-corrected chi connectivity index (χ2v) is 5.85. The standard InChI is InChI=1S/C10H11ClF3NO3S/c11-9-2-1-8(5-7(9)6-16)19(17,18)15-4-3-10(12,13)14/h1-2,5,15-16H,3-4,6H2. The summed E-state index contributed by atoms with van der Waals surface area (Å²) in [6.07, 6.45) is -5.69. The second kappa shape index (κ2) is 6.08. The van der Waals surface area contributed by atoms with E-state index in [0.29, 0.717) is 0 Å². The Hall–Kier alpha value is -0.830. The van der Waals surface area contributed by atoms with Crippen molar-refractivity contribution in [3.63, 3.8) is 0 Å². The largest absolute Gasteiger partial charge is 0.392 e. The molecular weight excluding hydrogens is 307 g/mol. The number of sulfonamides is 1. The normalized spacial score (nSPS) is 12.7. The first-order chi connectivity index (χ1) is 8.65. The predicted molar refractivity (Wildman–Crippen MR) is 63.2 cm³/mol. The highest BCUT2D eigenvalue weighted by Crippen LogP contribution is 2.21. The van der Waals surface area contributed by atoms with Crippen molar-refractivity contribution in [2.75, 3.05) is 6.54 Å². The molecule has 2 N–H and O–H groups in total. The quantitative estimate of drug-likeness (QED) is 0.873. The molecule has 0 saturated carbocycles. The zero-order chi connectivity index (χ0) is 14.7. The van der Waals surface area contributed by atoms with E-state index in [1.54, 1.807) is 0 Å². The summed E-state index contributed by atoms with van der Waals surface area (Å²) >= 11 is 5.69. The van der Waals surface area contributed by atoms with Gasteiger partial charge in [-0.2, -0.15) is 13.2 Å². The van der Waals surface area contributed by atoms with Gasteiger partial charge < -0.3 is 5.11 Å². The van der Waals surface area contributed by atoms with E-state index in [1.807, 2.05) is 4.72 Å². The lowest BCUT2D eigenvalue weighted by Crippen LogP contribution is -2.28. The van der Waals surface area contributed by atoms with Gasteiger partial charge in [-0.3, -0.25) is 0 Å². The lowest BCUT2D eigenvalue weighted by Gasteiger charge is -2.10. The van der Waals surface area contributed by atoms with Crippen LogP contribution in [0.15, 0.2) is 23.1 Å². The van der Waals surface area contributed by atoms with Crippen LogP contribution in [0.25, 0.3) is 0 Å². The van der Waals surface area contributed by atoms with Crippen molar-refractivity contribution in [3.05, 3.63) is 28.8 Å². The van der Waals surface area contributed by atoms with E-state index in [4.69, 9.17) is 16.7 Å². The maximum absolute atomic E-state index is 11.9. The number of alkyl halides is 3. The van der Waals surface area contributed by atoms with E-state index in [1.165, 1.54) is 6.07 Å². The molecule has 1 rings (SSSR count). The Morgan fingerprint density at radius 3 is 2.47 bits per heavy atom. The molecule has 19 heavy (non-hydrogen) atoms. The molecule has 0 fully saturated rings. The van der Waals surface area contributed by atoms with Crippen LogP contribution in [0.5, 0.6) is 0 Å². The highest BCUT2D eigenvalue weighted by Gasteiger charge is 2.27. The van der Waals surface area contributed by atoms with Crippen LogP contribution >= 0.6 is 11.6 Å². The van der Waals surface area contributed by atoms with Gasteiger partial charge in [-0.15, -0.1) is 0 Å². The fraction of sp³-hybridized carbons (Fsp3) is 0.400. The van der Waals surface area contributed by atoms with Crippen LogP contribution in [-0.4, -0.2) is 26.2 Å². The van der Waals surface area contributed by atoms with Gasteiger partial charge in [0.15, 0.2) is 0 Å². The van der Waals surface area contributed by atoms with Crippen LogP contribution in [0.2, 0.25) is 5.02 Å². The third-order valence-electron chi connectivity index (χ3n) is 2.20. The zero-order valence-corrected chi connectivity index (χ0v) is 11.1. The molecular formula is C10H11ClF3NO3S. The molecule has 0 spiro atoms. The van der Waals surface area contributed by atoms with E-state index in [2.05, 4.69) is 0 Å². The van der Waals surface area contributed by atoms with Crippen LogP contribution in [-0.2, 0) is 16.6 Å². The molecule has 0 bridgehead atoms. The summed E-state index contributed by atoms with van der Waals surface area (Å²) in [7, 11) is -4.05. The molecule has 0 aliphatic rings. The van der Waals surface area contributed by atoms with Crippen molar-refractivity contribution in [2.45, 2.75) is 24.1 Å². The molecule has 1 aromatic carbocycles. The molecule has 0 aliphatic heterocycles. The lowest BCUT2D eigenvalue weighted by molar-refractivity contribution is -0.132. The minimum atomic E-state index is -4.43. The van der Waals surface area contributed by atoms with Gasteiger partial charge >= 0.3 is 6.18 Å². The van der Waals surface area contributed by atoms with E-state index >= 15 is 0 Å². The molecule has 1 aromatic rings. The Balaban J connectivity index is 2.83. The molecule has 0 heterocycles. The summed E-state index contributed by atoms with van der Waals surface area (Å²) in [5.41, 5.74) is 0.181. The molecule has 108 valence electrons. The topological polar surface area (TPSA) is 66.4 Å². The van der Waals surface area contributed by atoms with Crippen LogP contribution in [0.3, 0.4) is 0 Å². The summed E-state index contributed by atoms with van der Waals surface area (Å²) in [5.74, 6) is 0. The van der Waals surface area contributed by atoms with Crippen molar-refractivity contribution < 1.29 is 26.7 Å². The van der Waals surface area contributed by atoms with Crippen molar-refractivity contribution in [3.8, 4) is 0 Å². The summed E-state index contributed by atoms with van der Waals surface area (Å²) < 4.78 is 61.0. The first-order valence-corrected chi connectivity index (χ1v) is 6.97. The SMILES string of the molecule is O=S(=O)(NCCC(F)(F)F)c1ccc(Cl)c(CO)c1. The van der Waals surface area contributed by atoms with Crippen LogP contribution in [0.1, 0.15) is 12.0 Å². The molecule has 4 nitrogen and oxygen atoms in total. The van der Waals surface area contributed by atoms with Gasteiger partial charge in [0.25, 0.3) is 0 Å². The minimum Gasteiger partial charge on any atom is -0.392 e. The zero-order valence-electron chi connectivity index (χ0n) is 9.54. The van der Waals surface area contributed by atoms with Crippen molar-refractivity contribution >= 4 is 21.6 Å². The Kier molecular flexibility index (Phi) is 5.19. The number of aliphatic hydroxyl groups is 1. The first kappa shape index (κ1) is 16.2. The minimum absolute atomic E-state index is 0.178.